The highest BCUT2D eigenvalue weighted by molar-refractivity contribution is 9.11. The Bertz CT molecular complexity index is 569. The van der Waals surface area contributed by atoms with E-state index >= 15 is 0 Å². The van der Waals surface area contributed by atoms with Crippen LogP contribution in [-0.4, -0.2) is 6.54 Å². The van der Waals surface area contributed by atoms with Crippen molar-refractivity contribution in [3.05, 3.63) is 53.8 Å². The van der Waals surface area contributed by atoms with Gasteiger partial charge in [-0.1, -0.05) is 30.7 Å². The van der Waals surface area contributed by atoms with Crippen molar-refractivity contribution in [3.8, 4) is 0 Å². The van der Waals surface area contributed by atoms with Gasteiger partial charge >= 0.3 is 0 Å². The topological polar surface area (TPSA) is 12.0 Å². The summed E-state index contributed by atoms with van der Waals surface area (Å²) in [6, 6.07) is 6.98. The smallest absolute Gasteiger partial charge is 0.142 e. The molecular weight excluding hydrogens is 416 g/mol. The fraction of sp³-hybridized carbons (Fsp3) is 0.231. The van der Waals surface area contributed by atoms with Crippen LogP contribution >= 0.6 is 54.8 Å². The minimum Gasteiger partial charge on any atom is -0.306 e. The van der Waals surface area contributed by atoms with E-state index in [-0.39, 0.29) is 11.9 Å². The van der Waals surface area contributed by atoms with E-state index in [1.54, 1.807) is 12.1 Å². The van der Waals surface area contributed by atoms with E-state index in [9.17, 15) is 4.39 Å². The lowest BCUT2D eigenvalue weighted by atomic mass is 10.0. The second-order valence-electron chi connectivity index (χ2n) is 3.90. The molecular formula is C13H11Br2ClFNS. The molecule has 1 aromatic carbocycles. The zero-order valence-corrected chi connectivity index (χ0v) is 14.8. The highest BCUT2D eigenvalue weighted by atomic mass is 79.9. The molecule has 0 aliphatic rings. The van der Waals surface area contributed by atoms with E-state index in [4.69, 9.17) is 11.6 Å². The van der Waals surface area contributed by atoms with Gasteiger partial charge < -0.3 is 5.32 Å². The predicted octanol–water partition coefficient (Wildman–Crippen LogP) is 5.76. The maximum Gasteiger partial charge on any atom is 0.142 e. The van der Waals surface area contributed by atoms with Gasteiger partial charge in [0.1, 0.15) is 5.82 Å². The van der Waals surface area contributed by atoms with Crippen LogP contribution in [0.5, 0.6) is 0 Å². The summed E-state index contributed by atoms with van der Waals surface area (Å²) in [4.78, 5) is 0.982. The van der Waals surface area contributed by atoms with Crippen LogP contribution in [0.1, 0.15) is 23.4 Å². The van der Waals surface area contributed by atoms with Crippen LogP contribution < -0.4 is 5.32 Å². The third-order valence-electron chi connectivity index (χ3n) is 2.65. The Hall–Kier alpha value is 0.0600. The number of thiophene rings is 1. The van der Waals surface area contributed by atoms with Crippen molar-refractivity contribution in [2.75, 3.05) is 6.54 Å². The van der Waals surface area contributed by atoms with Gasteiger partial charge in [-0.2, -0.15) is 0 Å². The van der Waals surface area contributed by atoms with Crippen LogP contribution in [0.3, 0.4) is 0 Å². The molecule has 1 nitrogen and oxygen atoms in total. The molecule has 0 saturated carbocycles. The molecule has 0 amide bonds. The molecule has 2 aromatic rings. The fourth-order valence-electron chi connectivity index (χ4n) is 1.82. The van der Waals surface area contributed by atoms with Gasteiger partial charge in [-0.15, -0.1) is 11.3 Å². The predicted molar refractivity (Wildman–Crippen MR) is 86.6 cm³/mol. The van der Waals surface area contributed by atoms with Crippen molar-refractivity contribution in [1.29, 1.82) is 0 Å². The summed E-state index contributed by atoms with van der Waals surface area (Å²) in [5.74, 6) is -0.242. The maximum atomic E-state index is 14.2. The molecule has 0 fully saturated rings. The molecule has 1 N–H and O–H groups in total. The lowest BCUT2D eigenvalue weighted by Gasteiger charge is -2.18. The second-order valence-corrected chi connectivity index (χ2v) is 7.57. The van der Waals surface area contributed by atoms with Crippen LogP contribution in [0.2, 0.25) is 5.02 Å². The van der Waals surface area contributed by atoms with E-state index in [0.29, 0.717) is 15.1 Å². The molecule has 1 heterocycles. The van der Waals surface area contributed by atoms with Gasteiger partial charge in [-0.25, -0.2) is 4.39 Å². The van der Waals surface area contributed by atoms with Gasteiger partial charge in [0.25, 0.3) is 0 Å². The van der Waals surface area contributed by atoms with Crippen molar-refractivity contribution in [1.82, 2.24) is 5.32 Å². The highest BCUT2D eigenvalue weighted by Gasteiger charge is 2.21. The molecule has 1 atom stereocenters. The van der Waals surface area contributed by atoms with E-state index in [1.807, 2.05) is 19.1 Å². The van der Waals surface area contributed by atoms with Crippen molar-refractivity contribution in [3.63, 3.8) is 0 Å². The molecule has 6 heteroatoms. The molecule has 0 aliphatic carbocycles. The van der Waals surface area contributed by atoms with E-state index in [0.717, 1.165) is 15.2 Å². The van der Waals surface area contributed by atoms with Crippen LogP contribution in [0.15, 0.2) is 32.5 Å². The molecule has 19 heavy (non-hydrogen) atoms. The van der Waals surface area contributed by atoms with Gasteiger partial charge in [0.15, 0.2) is 0 Å². The number of rotatable bonds is 4. The van der Waals surface area contributed by atoms with Crippen LogP contribution in [0, 0.1) is 5.82 Å². The lowest BCUT2D eigenvalue weighted by molar-refractivity contribution is 0.559. The summed E-state index contributed by atoms with van der Waals surface area (Å²) in [6.07, 6.45) is 0. The zero-order valence-electron chi connectivity index (χ0n) is 10.0. The monoisotopic (exact) mass is 425 g/mol. The molecule has 0 bridgehead atoms. The summed E-state index contributed by atoms with van der Waals surface area (Å²) in [6.45, 7) is 2.73. The SMILES string of the molecule is CCNC(c1cc(Cl)c(Br)s1)c1cccc(Br)c1F. The fourth-order valence-corrected chi connectivity index (χ4v) is 4.04. The molecule has 0 radical (unpaired) electrons. The first-order valence-electron chi connectivity index (χ1n) is 5.66. The summed E-state index contributed by atoms with van der Waals surface area (Å²) in [7, 11) is 0. The van der Waals surface area contributed by atoms with E-state index in [1.165, 1.54) is 11.3 Å². The zero-order chi connectivity index (χ0) is 14.0. The molecule has 0 saturated heterocycles. The second kappa shape index (κ2) is 6.68. The largest absolute Gasteiger partial charge is 0.306 e. The summed E-state index contributed by atoms with van der Waals surface area (Å²) >= 11 is 14.2. The third kappa shape index (κ3) is 3.39. The Morgan fingerprint density at radius 1 is 1.42 bits per heavy atom. The Kier molecular flexibility index (Phi) is 5.43. The number of nitrogens with one attached hydrogen (secondary N) is 1. The van der Waals surface area contributed by atoms with Gasteiger partial charge in [0.2, 0.25) is 0 Å². The Morgan fingerprint density at radius 2 is 2.16 bits per heavy atom. The van der Waals surface area contributed by atoms with Crippen molar-refractivity contribution < 1.29 is 4.39 Å². The normalized spacial score (nSPS) is 12.7. The maximum absolute atomic E-state index is 14.2. The Morgan fingerprint density at radius 3 is 2.74 bits per heavy atom. The first-order chi connectivity index (χ1) is 9.04. The average Bonchev–Trinajstić information content (AvgIpc) is 2.70. The molecule has 0 spiro atoms. The van der Waals surface area contributed by atoms with E-state index in [2.05, 4.69) is 37.2 Å². The minimum atomic E-state index is -0.242. The lowest BCUT2D eigenvalue weighted by Crippen LogP contribution is -2.22. The Balaban J connectivity index is 2.48. The molecule has 2 rings (SSSR count). The summed E-state index contributed by atoms with van der Waals surface area (Å²) < 4.78 is 15.6. The van der Waals surface area contributed by atoms with Gasteiger partial charge in [-0.3, -0.25) is 0 Å². The van der Waals surface area contributed by atoms with Crippen LogP contribution in [-0.2, 0) is 0 Å². The van der Waals surface area contributed by atoms with Crippen molar-refractivity contribution in [2.24, 2.45) is 0 Å². The van der Waals surface area contributed by atoms with Crippen molar-refractivity contribution >= 4 is 54.8 Å². The summed E-state index contributed by atoms with van der Waals surface area (Å²) in [5, 5.41) is 3.95. The average molecular weight is 428 g/mol. The van der Waals surface area contributed by atoms with Crippen LogP contribution in [0.25, 0.3) is 0 Å². The number of hydrogen-bond donors (Lipinski definition) is 1. The number of halogens is 4. The summed E-state index contributed by atoms with van der Waals surface area (Å²) in [5.41, 5.74) is 0.613. The van der Waals surface area contributed by atoms with Crippen molar-refractivity contribution in [2.45, 2.75) is 13.0 Å². The standard InChI is InChI=1S/C13H11Br2ClFNS/c1-2-18-12(10-6-9(16)13(15)19-10)7-4-3-5-8(14)11(7)17/h3-6,12,18H,2H2,1H3. The molecule has 1 aromatic heterocycles. The van der Waals surface area contributed by atoms with E-state index < -0.39 is 0 Å². The number of benzene rings is 1. The minimum absolute atomic E-state index is 0.198. The molecule has 102 valence electrons. The first kappa shape index (κ1) is 15.4. The third-order valence-corrected chi connectivity index (χ3v) is 5.80. The number of hydrogen-bond acceptors (Lipinski definition) is 2. The molecule has 0 aliphatic heterocycles. The highest BCUT2D eigenvalue weighted by Crippen LogP contribution is 2.38. The quantitative estimate of drug-likeness (QED) is 0.654. The first-order valence-corrected chi connectivity index (χ1v) is 8.44. The Labute approximate surface area is 137 Å². The van der Waals surface area contributed by atoms with Crippen LogP contribution in [0.4, 0.5) is 4.39 Å². The van der Waals surface area contributed by atoms with Gasteiger partial charge in [0.05, 0.1) is 19.3 Å². The van der Waals surface area contributed by atoms with Gasteiger partial charge in [0, 0.05) is 10.4 Å². The molecule has 1 unspecified atom stereocenters. The van der Waals surface area contributed by atoms with Gasteiger partial charge in [-0.05, 0) is 50.5 Å².